The van der Waals surface area contributed by atoms with Gasteiger partial charge in [-0.15, -0.1) is 0 Å². The summed E-state index contributed by atoms with van der Waals surface area (Å²) in [6, 6.07) is 0. The van der Waals surface area contributed by atoms with Gasteiger partial charge in [-0.3, -0.25) is 19.2 Å². The Kier molecular flexibility index (Phi) is 6.87. The fraction of sp³-hybridized carbons (Fsp3) is 0.750. The number of nitrogens with one attached hydrogen (secondary N) is 1. The highest BCUT2D eigenvalue weighted by Gasteiger charge is 2.45. The van der Waals surface area contributed by atoms with E-state index in [0.29, 0.717) is 13.0 Å². The number of carbonyl (C=O) groups excluding carboxylic acids is 3. The second-order valence-electron chi connectivity index (χ2n) is 6.32. The highest BCUT2D eigenvalue weighted by molar-refractivity contribution is 5.96. The zero-order chi connectivity index (χ0) is 17.6. The Balaban J connectivity index is 2.81. The van der Waals surface area contributed by atoms with Crippen molar-refractivity contribution in [2.24, 2.45) is 5.92 Å². The fourth-order valence-corrected chi connectivity index (χ4v) is 3.09. The largest absolute Gasteiger partial charge is 0.481 e. The first-order valence-corrected chi connectivity index (χ1v) is 7.93. The number of carbonyl (C=O) groups is 4. The van der Waals surface area contributed by atoms with Crippen LogP contribution in [0.4, 0.5) is 0 Å². The summed E-state index contributed by atoms with van der Waals surface area (Å²) < 4.78 is 0. The number of rotatable bonds is 9. The zero-order valence-electron chi connectivity index (χ0n) is 14.1. The minimum atomic E-state index is -0.985. The zero-order valence-corrected chi connectivity index (χ0v) is 14.1. The average Bonchev–Trinajstić information content (AvgIpc) is 2.86. The van der Waals surface area contributed by atoms with E-state index in [0.717, 1.165) is 6.42 Å². The summed E-state index contributed by atoms with van der Waals surface area (Å²) in [5.74, 6) is -2.07. The molecule has 0 aromatic rings. The number of amides is 1. The van der Waals surface area contributed by atoms with E-state index in [2.05, 4.69) is 5.32 Å². The fourth-order valence-electron chi connectivity index (χ4n) is 3.09. The van der Waals surface area contributed by atoms with E-state index >= 15 is 0 Å². The maximum absolute atomic E-state index is 12.7. The molecule has 0 spiro atoms. The van der Waals surface area contributed by atoms with E-state index in [4.69, 9.17) is 5.11 Å². The molecule has 130 valence electrons. The molecule has 2 N–H and O–H groups in total. The topological polar surface area (TPSA) is 104 Å². The van der Waals surface area contributed by atoms with Gasteiger partial charge in [0, 0.05) is 25.3 Å². The first-order valence-electron chi connectivity index (χ1n) is 7.93. The Morgan fingerprint density at radius 1 is 1.30 bits per heavy atom. The van der Waals surface area contributed by atoms with Crippen LogP contribution in [-0.4, -0.2) is 59.1 Å². The summed E-state index contributed by atoms with van der Waals surface area (Å²) in [7, 11) is 1.67. The maximum atomic E-state index is 12.7. The summed E-state index contributed by atoms with van der Waals surface area (Å²) in [6.07, 6.45) is 1.32. The van der Waals surface area contributed by atoms with E-state index in [9.17, 15) is 19.2 Å². The van der Waals surface area contributed by atoms with Crippen LogP contribution in [0.2, 0.25) is 0 Å². The van der Waals surface area contributed by atoms with Gasteiger partial charge in [0.2, 0.25) is 5.91 Å². The van der Waals surface area contributed by atoms with Crippen LogP contribution in [0.5, 0.6) is 0 Å². The molecular weight excluding hydrogens is 300 g/mol. The molecule has 1 fully saturated rings. The Morgan fingerprint density at radius 3 is 2.48 bits per heavy atom. The van der Waals surface area contributed by atoms with Crippen LogP contribution in [0.3, 0.4) is 0 Å². The van der Waals surface area contributed by atoms with Crippen molar-refractivity contribution < 1.29 is 24.3 Å². The van der Waals surface area contributed by atoms with Crippen molar-refractivity contribution in [1.82, 2.24) is 10.2 Å². The van der Waals surface area contributed by atoms with Crippen molar-refractivity contribution in [2.75, 3.05) is 20.1 Å². The lowest BCUT2D eigenvalue weighted by molar-refractivity contribution is -0.143. The van der Waals surface area contributed by atoms with Crippen molar-refractivity contribution in [1.29, 1.82) is 0 Å². The van der Waals surface area contributed by atoms with Gasteiger partial charge < -0.3 is 15.3 Å². The molecule has 0 aromatic heterocycles. The lowest BCUT2D eigenvalue weighted by atomic mass is 9.84. The van der Waals surface area contributed by atoms with Crippen molar-refractivity contribution in [3.8, 4) is 0 Å². The van der Waals surface area contributed by atoms with Crippen LogP contribution in [0.15, 0.2) is 0 Å². The van der Waals surface area contributed by atoms with Gasteiger partial charge in [-0.05, 0) is 40.2 Å². The average molecular weight is 326 g/mol. The number of carboxylic acid groups (broad SMARTS) is 1. The molecule has 23 heavy (non-hydrogen) atoms. The molecule has 0 bridgehead atoms. The lowest BCUT2D eigenvalue weighted by Gasteiger charge is -2.35. The number of carboxylic acids is 1. The second-order valence-corrected chi connectivity index (χ2v) is 6.32. The summed E-state index contributed by atoms with van der Waals surface area (Å²) in [5, 5.41) is 11.5. The third-order valence-corrected chi connectivity index (χ3v) is 4.58. The molecule has 0 aliphatic carbocycles. The van der Waals surface area contributed by atoms with E-state index in [1.807, 2.05) is 0 Å². The molecule has 2 atom stereocenters. The molecule has 7 heteroatoms. The van der Waals surface area contributed by atoms with Gasteiger partial charge in [0.1, 0.15) is 5.78 Å². The monoisotopic (exact) mass is 326 g/mol. The van der Waals surface area contributed by atoms with E-state index in [1.54, 1.807) is 18.9 Å². The second kappa shape index (κ2) is 8.19. The smallest absolute Gasteiger partial charge is 0.303 e. The number of hydrogen-bond acceptors (Lipinski definition) is 5. The maximum Gasteiger partial charge on any atom is 0.303 e. The van der Waals surface area contributed by atoms with Gasteiger partial charge in [-0.25, -0.2) is 0 Å². The van der Waals surface area contributed by atoms with Gasteiger partial charge >= 0.3 is 5.97 Å². The lowest BCUT2D eigenvalue weighted by Crippen LogP contribution is -2.53. The number of likely N-dealkylation sites (tertiary alicyclic amines) is 1. The highest BCUT2D eigenvalue weighted by Crippen LogP contribution is 2.32. The van der Waals surface area contributed by atoms with Gasteiger partial charge in [0.15, 0.2) is 5.78 Å². The quantitative estimate of drug-likeness (QED) is 0.643. The van der Waals surface area contributed by atoms with E-state index in [-0.39, 0.29) is 43.3 Å². The summed E-state index contributed by atoms with van der Waals surface area (Å²) >= 11 is 0. The van der Waals surface area contributed by atoms with Crippen molar-refractivity contribution in [3.05, 3.63) is 0 Å². The van der Waals surface area contributed by atoms with Gasteiger partial charge in [0.05, 0.1) is 12.1 Å². The standard InChI is InChI=1S/C16H26N2O5/c1-11(19)12(5-6-15(22)23)9-13(20)16(2)7-4-8-18(16)14(21)10-17-3/h12,17H,4-10H2,1-3H3,(H,22,23). The Labute approximate surface area is 136 Å². The predicted molar refractivity (Wildman–Crippen MR) is 83.9 cm³/mol. The summed E-state index contributed by atoms with van der Waals surface area (Å²) in [4.78, 5) is 48.9. The minimum Gasteiger partial charge on any atom is -0.481 e. The van der Waals surface area contributed by atoms with Gasteiger partial charge in [0.25, 0.3) is 0 Å². The van der Waals surface area contributed by atoms with Crippen LogP contribution in [0.25, 0.3) is 0 Å². The van der Waals surface area contributed by atoms with Gasteiger partial charge in [-0.2, -0.15) is 0 Å². The number of ketones is 2. The minimum absolute atomic E-state index is 0.0115. The van der Waals surface area contributed by atoms with E-state index < -0.39 is 17.4 Å². The summed E-state index contributed by atoms with van der Waals surface area (Å²) in [6.45, 7) is 3.81. The molecule has 1 heterocycles. The molecule has 0 saturated carbocycles. The molecular formula is C16H26N2O5. The van der Waals surface area contributed by atoms with Crippen molar-refractivity contribution in [3.63, 3.8) is 0 Å². The molecule has 1 rings (SSSR count). The number of nitrogens with zero attached hydrogens (tertiary/aromatic N) is 1. The number of Topliss-reactive ketones (excluding diaryl/α,β-unsaturated/α-hetero) is 2. The van der Waals surface area contributed by atoms with Crippen molar-refractivity contribution >= 4 is 23.4 Å². The number of likely N-dealkylation sites (N-methyl/N-ethyl adjacent to an activating group) is 1. The molecule has 1 aliphatic heterocycles. The molecule has 2 unspecified atom stereocenters. The molecule has 1 aliphatic rings. The van der Waals surface area contributed by atoms with Gasteiger partial charge in [-0.1, -0.05) is 0 Å². The Hall–Kier alpha value is -1.76. The number of hydrogen-bond donors (Lipinski definition) is 2. The van der Waals surface area contributed by atoms with Crippen LogP contribution < -0.4 is 5.32 Å². The normalized spacial score (nSPS) is 22.0. The van der Waals surface area contributed by atoms with E-state index in [1.165, 1.54) is 6.92 Å². The van der Waals surface area contributed by atoms with Crippen molar-refractivity contribution in [2.45, 2.75) is 51.5 Å². The third kappa shape index (κ3) is 4.86. The first kappa shape index (κ1) is 19.3. The molecule has 1 amide bonds. The molecule has 0 aromatic carbocycles. The predicted octanol–water partition coefficient (Wildman–Crippen LogP) is 0.616. The Bertz CT molecular complexity index is 491. The first-order chi connectivity index (χ1) is 10.7. The van der Waals surface area contributed by atoms with Crippen LogP contribution in [-0.2, 0) is 19.2 Å². The highest BCUT2D eigenvalue weighted by atomic mass is 16.4. The third-order valence-electron chi connectivity index (χ3n) is 4.58. The van der Waals surface area contributed by atoms with Crippen LogP contribution in [0, 0.1) is 5.92 Å². The molecule has 1 saturated heterocycles. The SMILES string of the molecule is CNCC(=O)N1CCCC1(C)C(=O)CC(CCC(=O)O)C(C)=O. The van der Waals surface area contributed by atoms with Crippen LogP contribution >= 0.6 is 0 Å². The molecule has 7 nitrogen and oxygen atoms in total. The molecule has 0 radical (unpaired) electrons. The number of aliphatic carboxylic acids is 1. The Morgan fingerprint density at radius 2 is 1.96 bits per heavy atom. The summed E-state index contributed by atoms with van der Waals surface area (Å²) in [5.41, 5.74) is -0.898. The van der Waals surface area contributed by atoms with Crippen LogP contribution in [0.1, 0.15) is 46.0 Å².